The number of rotatable bonds is 4. The molecule has 0 aliphatic heterocycles. The third kappa shape index (κ3) is 3.86. The van der Waals surface area contributed by atoms with Crippen LogP contribution < -0.4 is 5.32 Å². The van der Waals surface area contributed by atoms with Crippen LogP contribution in [0.1, 0.15) is 37.5 Å². The molecule has 1 nitrogen and oxygen atoms in total. The van der Waals surface area contributed by atoms with Gasteiger partial charge >= 0.3 is 0 Å². The van der Waals surface area contributed by atoms with Crippen molar-refractivity contribution < 1.29 is 0 Å². The van der Waals surface area contributed by atoms with E-state index in [0.717, 1.165) is 18.4 Å². The molecule has 2 unspecified atom stereocenters. The molecule has 1 aliphatic carbocycles. The van der Waals surface area contributed by atoms with Crippen LogP contribution in [0.25, 0.3) is 0 Å². The Hall–Kier alpha value is 0.140. The molecule has 0 spiro atoms. The SMILES string of the molecule is CC1CCCC(CNCc2ccc(Br)s2)C1. The highest BCUT2D eigenvalue weighted by molar-refractivity contribution is 9.11. The van der Waals surface area contributed by atoms with Crippen molar-refractivity contribution in [2.75, 3.05) is 6.54 Å². The van der Waals surface area contributed by atoms with E-state index in [4.69, 9.17) is 0 Å². The highest BCUT2D eigenvalue weighted by Crippen LogP contribution is 2.28. The van der Waals surface area contributed by atoms with Gasteiger partial charge in [-0.3, -0.25) is 0 Å². The van der Waals surface area contributed by atoms with Crippen molar-refractivity contribution in [2.45, 2.75) is 39.2 Å². The van der Waals surface area contributed by atoms with Gasteiger partial charge in [0.05, 0.1) is 3.79 Å². The van der Waals surface area contributed by atoms with Gasteiger partial charge in [0.25, 0.3) is 0 Å². The van der Waals surface area contributed by atoms with Crippen LogP contribution in [0.15, 0.2) is 15.9 Å². The van der Waals surface area contributed by atoms with E-state index in [2.05, 4.69) is 40.3 Å². The maximum Gasteiger partial charge on any atom is 0.0701 e. The smallest absolute Gasteiger partial charge is 0.0701 e. The lowest BCUT2D eigenvalue weighted by atomic mass is 9.82. The minimum atomic E-state index is 0.909. The Balaban J connectivity index is 1.67. The van der Waals surface area contributed by atoms with E-state index in [1.54, 1.807) is 0 Å². The molecule has 1 saturated carbocycles. The zero-order valence-electron chi connectivity index (χ0n) is 9.84. The van der Waals surface area contributed by atoms with Crippen LogP contribution in [-0.4, -0.2) is 6.54 Å². The second-order valence-electron chi connectivity index (χ2n) is 4.97. The van der Waals surface area contributed by atoms with Crippen LogP contribution in [0, 0.1) is 11.8 Å². The van der Waals surface area contributed by atoms with Crippen LogP contribution >= 0.6 is 27.3 Å². The quantitative estimate of drug-likeness (QED) is 0.868. The van der Waals surface area contributed by atoms with Gasteiger partial charge in [-0.2, -0.15) is 0 Å². The van der Waals surface area contributed by atoms with Crippen LogP contribution in [0.5, 0.6) is 0 Å². The first-order valence-electron chi connectivity index (χ1n) is 6.19. The van der Waals surface area contributed by atoms with Gasteiger partial charge in [0, 0.05) is 11.4 Å². The number of thiophene rings is 1. The van der Waals surface area contributed by atoms with Gasteiger partial charge in [-0.1, -0.05) is 19.8 Å². The molecule has 1 aromatic heterocycles. The van der Waals surface area contributed by atoms with Crippen molar-refractivity contribution in [3.63, 3.8) is 0 Å². The lowest BCUT2D eigenvalue weighted by molar-refractivity contribution is 0.274. The molecule has 1 aliphatic rings. The maximum atomic E-state index is 3.59. The van der Waals surface area contributed by atoms with Gasteiger partial charge in [0.2, 0.25) is 0 Å². The number of nitrogens with one attached hydrogen (secondary N) is 1. The van der Waals surface area contributed by atoms with Gasteiger partial charge in [0.1, 0.15) is 0 Å². The van der Waals surface area contributed by atoms with Gasteiger partial charge in [-0.05, 0) is 59.3 Å². The van der Waals surface area contributed by atoms with Gasteiger partial charge in [-0.15, -0.1) is 11.3 Å². The molecule has 1 N–H and O–H groups in total. The van der Waals surface area contributed by atoms with E-state index in [1.807, 2.05) is 11.3 Å². The van der Waals surface area contributed by atoms with Crippen molar-refractivity contribution in [2.24, 2.45) is 11.8 Å². The summed E-state index contributed by atoms with van der Waals surface area (Å²) in [6.45, 7) is 4.61. The highest BCUT2D eigenvalue weighted by atomic mass is 79.9. The lowest BCUT2D eigenvalue weighted by Gasteiger charge is -2.26. The van der Waals surface area contributed by atoms with Crippen LogP contribution in [0.2, 0.25) is 0 Å². The zero-order chi connectivity index (χ0) is 11.4. The third-order valence-electron chi connectivity index (χ3n) is 3.41. The first kappa shape index (κ1) is 12.6. The highest BCUT2D eigenvalue weighted by Gasteiger charge is 2.18. The topological polar surface area (TPSA) is 12.0 Å². The van der Waals surface area contributed by atoms with Crippen LogP contribution in [0.4, 0.5) is 0 Å². The summed E-state index contributed by atoms with van der Waals surface area (Å²) >= 11 is 5.33. The van der Waals surface area contributed by atoms with Crippen molar-refractivity contribution in [3.8, 4) is 0 Å². The molecule has 0 radical (unpaired) electrons. The molecule has 90 valence electrons. The molecular formula is C13H20BrNS. The summed E-state index contributed by atoms with van der Waals surface area (Å²) in [6, 6.07) is 4.33. The fourth-order valence-electron chi connectivity index (χ4n) is 2.59. The van der Waals surface area contributed by atoms with Crippen LogP contribution in [-0.2, 0) is 6.54 Å². The molecule has 0 saturated heterocycles. The van der Waals surface area contributed by atoms with Gasteiger partial charge < -0.3 is 5.32 Å². The summed E-state index contributed by atoms with van der Waals surface area (Å²) in [5.74, 6) is 1.85. The average molecular weight is 302 g/mol. The molecule has 0 amide bonds. The molecule has 2 atom stereocenters. The normalized spacial score (nSPS) is 25.9. The van der Waals surface area contributed by atoms with E-state index in [9.17, 15) is 0 Å². The predicted molar refractivity (Wildman–Crippen MR) is 74.8 cm³/mol. The Labute approximate surface area is 111 Å². The fourth-order valence-corrected chi connectivity index (χ4v) is 4.04. The Morgan fingerprint density at radius 2 is 2.31 bits per heavy atom. The summed E-state index contributed by atoms with van der Waals surface area (Å²) in [5, 5.41) is 3.59. The molecule has 1 aromatic rings. The largest absolute Gasteiger partial charge is 0.312 e. The summed E-state index contributed by atoms with van der Waals surface area (Å²) in [5.41, 5.74) is 0. The fraction of sp³-hybridized carbons (Fsp3) is 0.692. The van der Waals surface area contributed by atoms with Crippen molar-refractivity contribution in [1.29, 1.82) is 0 Å². The summed E-state index contributed by atoms with van der Waals surface area (Å²) < 4.78 is 1.23. The van der Waals surface area contributed by atoms with E-state index >= 15 is 0 Å². The summed E-state index contributed by atoms with van der Waals surface area (Å²) in [4.78, 5) is 1.43. The van der Waals surface area contributed by atoms with Crippen LogP contribution in [0.3, 0.4) is 0 Å². The van der Waals surface area contributed by atoms with Crippen molar-refractivity contribution in [3.05, 3.63) is 20.8 Å². The number of halogens is 1. The van der Waals surface area contributed by atoms with E-state index < -0.39 is 0 Å². The second-order valence-corrected chi connectivity index (χ2v) is 7.52. The molecule has 2 rings (SSSR count). The standard InChI is InChI=1S/C13H20BrNS/c1-10-3-2-4-11(7-10)8-15-9-12-5-6-13(14)16-12/h5-6,10-11,15H,2-4,7-9H2,1H3. The molecule has 1 fully saturated rings. The molecule has 1 heterocycles. The first-order chi connectivity index (χ1) is 7.74. The minimum absolute atomic E-state index is 0.909. The first-order valence-corrected chi connectivity index (χ1v) is 7.80. The van der Waals surface area contributed by atoms with E-state index in [0.29, 0.717) is 0 Å². The Bertz CT molecular complexity index is 323. The molecular weight excluding hydrogens is 282 g/mol. The second kappa shape index (κ2) is 6.18. The minimum Gasteiger partial charge on any atom is -0.312 e. The zero-order valence-corrected chi connectivity index (χ0v) is 12.2. The third-order valence-corrected chi connectivity index (χ3v) is 5.03. The van der Waals surface area contributed by atoms with Crippen molar-refractivity contribution >= 4 is 27.3 Å². The molecule has 0 bridgehead atoms. The average Bonchev–Trinajstić information content (AvgIpc) is 2.64. The predicted octanol–water partition coefficient (Wildman–Crippen LogP) is 4.43. The van der Waals surface area contributed by atoms with Crippen molar-refractivity contribution in [1.82, 2.24) is 5.32 Å². The number of hydrogen-bond donors (Lipinski definition) is 1. The van der Waals surface area contributed by atoms with E-state index in [-0.39, 0.29) is 0 Å². The van der Waals surface area contributed by atoms with Gasteiger partial charge in [0.15, 0.2) is 0 Å². The summed E-state index contributed by atoms with van der Waals surface area (Å²) in [7, 11) is 0. The summed E-state index contributed by atoms with van der Waals surface area (Å²) in [6.07, 6.45) is 5.71. The molecule has 16 heavy (non-hydrogen) atoms. The van der Waals surface area contributed by atoms with E-state index in [1.165, 1.54) is 40.9 Å². The lowest BCUT2D eigenvalue weighted by Crippen LogP contribution is -2.26. The molecule has 0 aromatic carbocycles. The Morgan fingerprint density at radius 1 is 1.44 bits per heavy atom. The van der Waals surface area contributed by atoms with Gasteiger partial charge in [-0.25, -0.2) is 0 Å². The maximum absolute atomic E-state index is 3.59. The Kier molecular flexibility index (Phi) is 4.86. The number of hydrogen-bond acceptors (Lipinski definition) is 2. The Morgan fingerprint density at radius 3 is 3.00 bits per heavy atom. The molecule has 3 heteroatoms. The monoisotopic (exact) mass is 301 g/mol.